The summed E-state index contributed by atoms with van der Waals surface area (Å²) in [6.45, 7) is 1.68. The number of nitrogens with one attached hydrogen (secondary N) is 2. The number of pyridine rings is 1. The molecule has 0 saturated heterocycles. The van der Waals surface area contributed by atoms with Crippen LogP contribution in [0.15, 0.2) is 30.6 Å². The fraction of sp³-hybridized carbons (Fsp3) is 0.286. The van der Waals surface area contributed by atoms with Crippen LogP contribution in [0.1, 0.15) is 5.56 Å². The van der Waals surface area contributed by atoms with E-state index in [2.05, 4.69) is 15.6 Å². The molecule has 0 amide bonds. The number of halogens is 1. The van der Waals surface area contributed by atoms with E-state index in [0.717, 1.165) is 27.8 Å². The highest BCUT2D eigenvalue weighted by molar-refractivity contribution is 6.07. The van der Waals surface area contributed by atoms with Gasteiger partial charge in [0.15, 0.2) is 5.82 Å². The number of aliphatic hydroxyl groups is 1. The van der Waals surface area contributed by atoms with Gasteiger partial charge in [-0.2, -0.15) is 5.26 Å². The summed E-state index contributed by atoms with van der Waals surface area (Å²) in [5.41, 5.74) is 4.04. The Kier molecular flexibility index (Phi) is 5.35. The Balaban J connectivity index is 1.98. The van der Waals surface area contributed by atoms with E-state index < -0.39 is 5.82 Å². The van der Waals surface area contributed by atoms with Crippen molar-refractivity contribution in [2.75, 3.05) is 32.1 Å². The highest BCUT2D eigenvalue weighted by Gasteiger charge is 2.19. The first-order valence-electron chi connectivity index (χ1n) is 9.62. The number of rotatable bonds is 7. The van der Waals surface area contributed by atoms with Crippen LogP contribution in [-0.4, -0.2) is 51.0 Å². The Hall–Kier alpha value is -3.48. The summed E-state index contributed by atoms with van der Waals surface area (Å²) in [5.74, 6) is 0.193. The molecule has 4 aromatic rings. The van der Waals surface area contributed by atoms with Gasteiger partial charge in [0.25, 0.3) is 0 Å². The number of nitriles is 1. The maximum absolute atomic E-state index is 14.2. The number of hydrogen-bond donors (Lipinski definition) is 3. The minimum atomic E-state index is -0.464. The summed E-state index contributed by atoms with van der Waals surface area (Å²) in [7, 11) is 3.72. The molecule has 0 aliphatic rings. The number of nitrogens with zero attached hydrogens (tertiary/aromatic N) is 5. The van der Waals surface area contributed by atoms with E-state index >= 15 is 0 Å². The molecule has 3 N–H and O–H groups in total. The van der Waals surface area contributed by atoms with Crippen LogP contribution in [0.5, 0.6) is 0 Å². The number of aromatic nitrogens is 4. The molecule has 154 valence electrons. The van der Waals surface area contributed by atoms with E-state index in [9.17, 15) is 9.65 Å². The van der Waals surface area contributed by atoms with Crippen molar-refractivity contribution in [2.45, 2.75) is 6.54 Å². The second-order valence-electron chi connectivity index (χ2n) is 7.00. The van der Waals surface area contributed by atoms with Gasteiger partial charge in [-0.25, -0.2) is 14.4 Å². The second kappa shape index (κ2) is 8.10. The molecular weight excluding hydrogens is 385 g/mol. The smallest absolute Gasteiger partial charge is 0.156 e. The van der Waals surface area contributed by atoms with Gasteiger partial charge in [-0.3, -0.25) is 0 Å². The topological polar surface area (TPSA) is 104 Å². The van der Waals surface area contributed by atoms with E-state index in [1.54, 1.807) is 19.4 Å². The van der Waals surface area contributed by atoms with Crippen molar-refractivity contribution < 1.29 is 9.50 Å². The van der Waals surface area contributed by atoms with Crippen LogP contribution in [0.4, 0.5) is 10.2 Å². The zero-order valence-electron chi connectivity index (χ0n) is 16.8. The van der Waals surface area contributed by atoms with E-state index in [0.29, 0.717) is 31.0 Å². The van der Waals surface area contributed by atoms with E-state index in [4.69, 9.17) is 10.1 Å². The van der Waals surface area contributed by atoms with Crippen molar-refractivity contribution in [2.24, 2.45) is 7.05 Å². The van der Waals surface area contributed by atoms with Crippen molar-refractivity contribution in [1.82, 2.24) is 24.4 Å². The molecule has 4 rings (SSSR count). The first-order chi connectivity index (χ1) is 14.6. The van der Waals surface area contributed by atoms with Crippen LogP contribution < -0.4 is 10.6 Å². The largest absolute Gasteiger partial charge is 0.395 e. The zero-order chi connectivity index (χ0) is 21.3. The Morgan fingerprint density at radius 3 is 2.80 bits per heavy atom. The fourth-order valence-corrected chi connectivity index (χ4v) is 3.75. The van der Waals surface area contributed by atoms with Crippen LogP contribution in [-0.2, 0) is 13.6 Å². The van der Waals surface area contributed by atoms with Gasteiger partial charge in [-0.05, 0) is 24.3 Å². The van der Waals surface area contributed by atoms with Crippen LogP contribution in [0.3, 0.4) is 0 Å². The Morgan fingerprint density at radius 2 is 2.07 bits per heavy atom. The van der Waals surface area contributed by atoms with Crippen molar-refractivity contribution in [1.29, 1.82) is 5.26 Å². The van der Waals surface area contributed by atoms with Gasteiger partial charge < -0.3 is 24.9 Å². The molecule has 0 unspecified atom stereocenters. The molecule has 30 heavy (non-hydrogen) atoms. The Bertz CT molecular complexity index is 1270. The van der Waals surface area contributed by atoms with Crippen LogP contribution in [0.25, 0.3) is 33.3 Å². The Labute approximate surface area is 172 Å². The maximum atomic E-state index is 14.2. The van der Waals surface area contributed by atoms with Crippen LogP contribution >= 0.6 is 0 Å². The normalized spacial score (nSPS) is 11.3. The molecule has 3 aromatic heterocycles. The minimum absolute atomic E-state index is 0.0481. The lowest BCUT2D eigenvalue weighted by Crippen LogP contribution is -2.23. The molecular formula is C21H22FN7O. The molecule has 0 aliphatic carbocycles. The van der Waals surface area contributed by atoms with Gasteiger partial charge >= 0.3 is 0 Å². The molecule has 0 fully saturated rings. The van der Waals surface area contributed by atoms with Crippen molar-refractivity contribution in [3.05, 3.63) is 42.0 Å². The van der Waals surface area contributed by atoms with Gasteiger partial charge in [-0.15, -0.1) is 0 Å². The van der Waals surface area contributed by atoms with Crippen LogP contribution in [0.2, 0.25) is 0 Å². The van der Waals surface area contributed by atoms with Gasteiger partial charge in [0.05, 0.1) is 35.8 Å². The van der Waals surface area contributed by atoms with E-state index in [1.165, 1.54) is 12.1 Å². The minimum Gasteiger partial charge on any atom is -0.395 e. The third-order valence-corrected chi connectivity index (χ3v) is 5.06. The SMILES string of the molecule is CNc1nc2c(cc(-c3cc(F)cc(C#N)c3)n2CCNCCO)c2c1ncn2C. The number of aryl methyl sites for hydroxylation is 1. The number of anilines is 1. The lowest BCUT2D eigenvalue weighted by molar-refractivity contribution is 0.291. The van der Waals surface area contributed by atoms with Crippen molar-refractivity contribution in [3.63, 3.8) is 0 Å². The number of hydrogen-bond acceptors (Lipinski definition) is 6. The summed E-state index contributed by atoms with van der Waals surface area (Å²) < 4.78 is 18.1. The van der Waals surface area contributed by atoms with Crippen LogP contribution in [0, 0.1) is 17.1 Å². The number of imidazole rings is 1. The molecule has 0 atom stereocenters. The van der Waals surface area contributed by atoms with E-state index in [-0.39, 0.29) is 12.2 Å². The molecule has 0 spiro atoms. The van der Waals surface area contributed by atoms with E-state index in [1.807, 2.05) is 28.3 Å². The number of benzene rings is 1. The molecule has 1 aromatic carbocycles. The predicted octanol–water partition coefficient (Wildman–Crippen LogP) is 2.22. The molecule has 0 bridgehead atoms. The van der Waals surface area contributed by atoms with Gasteiger partial charge in [0.2, 0.25) is 0 Å². The van der Waals surface area contributed by atoms with Gasteiger partial charge in [-0.1, -0.05) is 0 Å². The zero-order valence-corrected chi connectivity index (χ0v) is 16.8. The molecule has 0 aliphatic heterocycles. The lowest BCUT2D eigenvalue weighted by Gasteiger charge is -2.12. The quantitative estimate of drug-likeness (QED) is 0.406. The maximum Gasteiger partial charge on any atom is 0.156 e. The standard InChI is InChI=1S/C21H22FN7O/c1-24-20-18-19(28(2)12-26-18)16-10-17(14-7-13(11-23)8-15(22)9-14)29(21(16)27-20)5-3-25-4-6-30/h7-10,12,25,30H,3-6H2,1-2H3,(H,24,27). The number of aliphatic hydroxyl groups excluding tert-OH is 1. The summed E-state index contributed by atoms with van der Waals surface area (Å²) in [5, 5.41) is 25.5. The summed E-state index contributed by atoms with van der Waals surface area (Å²) in [6.07, 6.45) is 1.74. The molecule has 3 heterocycles. The molecule has 0 radical (unpaired) electrons. The predicted molar refractivity (Wildman–Crippen MR) is 114 cm³/mol. The fourth-order valence-electron chi connectivity index (χ4n) is 3.75. The molecule has 8 nitrogen and oxygen atoms in total. The first kappa shape index (κ1) is 19.8. The highest BCUT2D eigenvalue weighted by atomic mass is 19.1. The van der Waals surface area contributed by atoms with Crippen molar-refractivity contribution in [3.8, 4) is 17.3 Å². The lowest BCUT2D eigenvalue weighted by atomic mass is 10.1. The van der Waals surface area contributed by atoms with Gasteiger partial charge in [0.1, 0.15) is 17.0 Å². The average Bonchev–Trinajstić information content (AvgIpc) is 3.30. The second-order valence-corrected chi connectivity index (χ2v) is 7.00. The number of fused-ring (bicyclic) bond motifs is 3. The highest BCUT2D eigenvalue weighted by Crippen LogP contribution is 2.34. The van der Waals surface area contributed by atoms with Crippen molar-refractivity contribution >= 4 is 27.9 Å². The van der Waals surface area contributed by atoms with Gasteiger partial charge in [0, 0.05) is 44.7 Å². The third kappa shape index (κ3) is 3.36. The first-order valence-corrected chi connectivity index (χ1v) is 9.62. The monoisotopic (exact) mass is 407 g/mol. The molecule has 0 saturated carbocycles. The summed E-state index contributed by atoms with van der Waals surface area (Å²) in [4.78, 5) is 9.25. The third-order valence-electron chi connectivity index (χ3n) is 5.06. The molecule has 9 heteroatoms. The Morgan fingerprint density at radius 1 is 1.23 bits per heavy atom. The summed E-state index contributed by atoms with van der Waals surface area (Å²) in [6, 6.07) is 8.30. The summed E-state index contributed by atoms with van der Waals surface area (Å²) >= 11 is 0. The average molecular weight is 407 g/mol.